The van der Waals surface area contributed by atoms with Crippen molar-refractivity contribution in [2.24, 2.45) is 5.73 Å². The highest BCUT2D eigenvalue weighted by Gasteiger charge is 2.37. The van der Waals surface area contributed by atoms with Gasteiger partial charge in [-0.05, 0) is 23.8 Å². The van der Waals surface area contributed by atoms with Crippen molar-refractivity contribution in [3.05, 3.63) is 60.2 Å². The molecule has 0 saturated heterocycles. The fourth-order valence-corrected chi connectivity index (χ4v) is 2.57. The van der Waals surface area contributed by atoms with Crippen molar-refractivity contribution in [2.75, 3.05) is 10.2 Å². The van der Waals surface area contributed by atoms with Crippen LogP contribution in [0, 0.1) is 0 Å². The average molecular weight is 281 g/mol. The lowest BCUT2D eigenvalue weighted by molar-refractivity contribution is -0.119. The molecule has 3 amide bonds. The first kappa shape index (κ1) is 13.2. The van der Waals surface area contributed by atoms with Crippen LogP contribution in [-0.2, 0) is 11.2 Å². The molecule has 1 aliphatic rings. The van der Waals surface area contributed by atoms with Gasteiger partial charge in [-0.25, -0.2) is 4.79 Å². The maximum absolute atomic E-state index is 12.5. The minimum absolute atomic E-state index is 0.352. The van der Waals surface area contributed by atoms with Crippen molar-refractivity contribution in [1.82, 2.24) is 0 Å². The molecule has 21 heavy (non-hydrogen) atoms. The van der Waals surface area contributed by atoms with Gasteiger partial charge in [0.15, 0.2) is 0 Å². The molecule has 3 N–H and O–H groups in total. The van der Waals surface area contributed by atoms with E-state index >= 15 is 0 Å². The molecule has 0 saturated carbocycles. The van der Waals surface area contributed by atoms with Crippen LogP contribution < -0.4 is 16.0 Å². The van der Waals surface area contributed by atoms with Crippen LogP contribution in [0.4, 0.5) is 16.2 Å². The van der Waals surface area contributed by atoms with Crippen LogP contribution in [0.5, 0.6) is 0 Å². The number of nitrogens with zero attached hydrogens (tertiary/aromatic N) is 1. The summed E-state index contributed by atoms with van der Waals surface area (Å²) in [5.74, 6) is -0.505. The van der Waals surface area contributed by atoms with Gasteiger partial charge in [0.1, 0.15) is 6.04 Å². The highest BCUT2D eigenvalue weighted by molar-refractivity contribution is 6.08. The molecule has 0 aromatic heterocycles. The molecular formula is C16H15N3O2. The van der Waals surface area contributed by atoms with Gasteiger partial charge in [-0.3, -0.25) is 9.69 Å². The van der Waals surface area contributed by atoms with Gasteiger partial charge in [0.25, 0.3) is 0 Å². The number of amides is 3. The van der Waals surface area contributed by atoms with Crippen LogP contribution in [0.1, 0.15) is 5.56 Å². The van der Waals surface area contributed by atoms with Crippen LogP contribution in [0.15, 0.2) is 54.6 Å². The minimum Gasteiger partial charge on any atom is -0.368 e. The van der Waals surface area contributed by atoms with E-state index in [4.69, 9.17) is 5.73 Å². The maximum Gasteiger partial charge on any atom is 0.327 e. The van der Waals surface area contributed by atoms with Crippen molar-refractivity contribution in [2.45, 2.75) is 12.5 Å². The molecule has 1 heterocycles. The van der Waals surface area contributed by atoms with Crippen LogP contribution in [0.25, 0.3) is 0 Å². The molecule has 0 unspecified atom stereocenters. The summed E-state index contributed by atoms with van der Waals surface area (Å²) < 4.78 is 0. The van der Waals surface area contributed by atoms with Crippen molar-refractivity contribution < 1.29 is 9.59 Å². The van der Waals surface area contributed by atoms with E-state index in [2.05, 4.69) is 5.32 Å². The largest absolute Gasteiger partial charge is 0.368 e. The molecule has 0 radical (unpaired) electrons. The van der Waals surface area contributed by atoms with Gasteiger partial charge in [0.2, 0.25) is 5.91 Å². The number of hydrogen-bond donors (Lipinski definition) is 2. The quantitative estimate of drug-likeness (QED) is 0.884. The molecule has 0 spiro atoms. The van der Waals surface area contributed by atoms with Gasteiger partial charge in [0.05, 0.1) is 0 Å². The minimum atomic E-state index is -0.647. The standard InChI is InChI=1S/C16H15N3O2/c17-15(20)14-10-11-6-4-5-9-13(11)19(14)16(21)18-12-7-2-1-3-8-12/h1-9,14H,10H2,(H2,17,20)(H,18,21)/t14-/m0/s1. The SMILES string of the molecule is NC(=O)[C@@H]1Cc2ccccc2N1C(=O)Nc1ccccc1. The van der Waals surface area contributed by atoms with Crippen LogP contribution in [0.3, 0.4) is 0 Å². The molecule has 106 valence electrons. The monoisotopic (exact) mass is 281 g/mol. The number of hydrogen-bond acceptors (Lipinski definition) is 2. The summed E-state index contributed by atoms with van der Waals surface area (Å²) in [5.41, 5.74) is 7.79. The normalized spacial score (nSPS) is 16.4. The van der Waals surface area contributed by atoms with Crippen molar-refractivity contribution in [3.63, 3.8) is 0 Å². The Morgan fingerprint density at radius 2 is 1.71 bits per heavy atom. The predicted octanol–water partition coefficient (Wildman–Crippen LogP) is 2.14. The third-order valence-corrected chi connectivity index (χ3v) is 3.55. The fraction of sp³-hybridized carbons (Fsp3) is 0.125. The zero-order valence-electron chi connectivity index (χ0n) is 11.3. The number of nitrogens with two attached hydrogens (primary N) is 1. The molecule has 0 fully saturated rings. The summed E-state index contributed by atoms with van der Waals surface area (Å²) in [6, 6.07) is 15.6. The Hall–Kier alpha value is -2.82. The highest BCUT2D eigenvalue weighted by atomic mass is 16.2. The molecule has 2 aromatic carbocycles. The van der Waals surface area contributed by atoms with Gasteiger partial charge in [-0.15, -0.1) is 0 Å². The van der Waals surface area contributed by atoms with Gasteiger partial charge >= 0.3 is 6.03 Å². The molecule has 5 heteroatoms. The van der Waals surface area contributed by atoms with E-state index in [9.17, 15) is 9.59 Å². The fourth-order valence-electron chi connectivity index (χ4n) is 2.57. The Morgan fingerprint density at radius 1 is 1.05 bits per heavy atom. The Morgan fingerprint density at radius 3 is 2.43 bits per heavy atom. The zero-order valence-corrected chi connectivity index (χ0v) is 11.3. The second kappa shape index (κ2) is 5.28. The van der Waals surface area contributed by atoms with Crippen LogP contribution >= 0.6 is 0 Å². The van der Waals surface area contributed by atoms with E-state index < -0.39 is 11.9 Å². The van der Waals surface area contributed by atoms with E-state index in [1.54, 1.807) is 12.1 Å². The summed E-state index contributed by atoms with van der Waals surface area (Å²) >= 11 is 0. The number of rotatable bonds is 2. The smallest absolute Gasteiger partial charge is 0.327 e. The number of fused-ring (bicyclic) bond motifs is 1. The van der Waals surface area contributed by atoms with E-state index in [1.165, 1.54) is 4.90 Å². The Balaban J connectivity index is 1.91. The number of para-hydroxylation sites is 2. The third kappa shape index (κ3) is 2.45. The lowest BCUT2D eigenvalue weighted by Gasteiger charge is -2.23. The lowest BCUT2D eigenvalue weighted by atomic mass is 10.1. The Kier molecular flexibility index (Phi) is 3.31. The van der Waals surface area contributed by atoms with E-state index in [0.29, 0.717) is 12.1 Å². The maximum atomic E-state index is 12.5. The van der Waals surface area contributed by atoms with E-state index in [-0.39, 0.29) is 6.03 Å². The number of anilines is 2. The van der Waals surface area contributed by atoms with Crippen LogP contribution in [-0.4, -0.2) is 18.0 Å². The first-order valence-corrected chi connectivity index (χ1v) is 6.69. The molecule has 3 rings (SSSR count). The van der Waals surface area contributed by atoms with E-state index in [0.717, 1.165) is 11.3 Å². The first-order valence-electron chi connectivity index (χ1n) is 6.69. The average Bonchev–Trinajstić information content (AvgIpc) is 2.88. The molecule has 0 bridgehead atoms. The summed E-state index contributed by atoms with van der Waals surface area (Å²) in [6.45, 7) is 0. The first-order chi connectivity index (χ1) is 10.2. The third-order valence-electron chi connectivity index (χ3n) is 3.55. The van der Waals surface area contributed by atoms with Crippen molar-refractivity contribution in [1.29, 1.82) is 0 Å². The van der Waals surface area contributed by atoms with Gasteiger partial charge in [0, 0.05) is 17.8 Å². The molecule has 0 aliphatic carbocycles. The lowest BCUT2D eigenvalue weighted by Crippen LogP contribution is -2.47. The summed E-state index contributed by atoms with van der Waals surface area (Å²) in [6.07, 6.45) is 0.452. The van der Waals surface area contributed by atoms with Gasteiger partial charge < -0.3 is 11.1 Å². The second-order valence-corrected chi connectivity index (χ2v) is 4.92. The Bertz CT molecular complexity index is 685. The number of nitrogens with one attached hydrogen (secondary N) is 1. The number of urea groups is 1. The number of benzene rings is 2. The molecule has 1 aliphatic heterocycles. The molecule has 2 aromatic rings. The Labute approximate surface area is 122 Å². The number of primary amides is 1. The predicted molar refractivity (Wildman–Crippen MR) is 81.1 cm³/mol. The summed E-state index contributed by atoms with van der Waals surface area (Å²) in [5, 5.41) is 2.79. The molecule has 1 atom stereocenters. The van der Waals surface area contributed by atoms with Gasteiger partial charge in [-0.2, -0.15) is 0 Å². The van der Waals surface area contributed by atoms with E-state index in [1.807, 2.05) is 42.5 Å². The molecular weight excluding hydrogens is 266 g/mol. The van der Waals surface area contributed by atoms with Gasteiger partial charge in [-0.1, -0.05) is 36.4 Å². The highest BCUT2D eigenvalue weighted by Crippen LogP contribution is 2.32. The van der Waals surface area contributed by atoms with Crippen LogP contribution in [0.2, 0.25) is 0 Å². The second-order valence-electron chi connectivity index (χ2n) is 4.92. The summed E-state index contributed by atoms with van der Waals surface area (Å²) in [4.78, 5) is 25.6. The molecule has 5 nitrogen and oxygen atoms in total. The zero-order chi connectivity index (χ0) is 14.8. The number of carbonyl (C=O) groups excluding carboxylic acids is 2. The van der Waals surface area contributed by atoms with Crippen molar-refractivity contribution >= 4 is 23.3 Å². The van der Waals surface area contributed by atoms with Crippen molar-refractivity contribution in [3.8, 4) is 0 Å². The summed E-state index contributed by atoms with van der Waals surface area (Å²) in [7, 11) is 0. The topological polar surface area (TPSA) is 75.4 Å². The number of carbonyl (C=O) groups is 2.